The maximum atomic E-state index is 12.9. The van der Waals surface area contributed by atoms with Crippen LogP contribution in [0.3, 0.4) is 0 Å². The Hall–Kier alpha value is -1.84. The smallest absolute Gasteiger partial charge is 0.309 e. The van der Waals surface area contributed by atoms with E-state index in [1.807, 2.05) is 45.0 Å². The Morgan fingerprint density at radius 1 is 1.04 bits per heavy atom. The standard InChI is InChI=1S/C19H27NO3/c1-6-13-7-9-14(10-8-13)20-15(21)18(4)11-12-19(5,16(22)23)17(18,2)3/h7-10H,6,11-12H2,1-5H3,(H,20,21)(H,22,23). The van der Waals surface area contributed by atoms with Crippen molar-refractivity contribution in [2.75, 3.05) is 5.32 Å². The Morgan fingerprint density at radius 3 is 2.00 bits per heavy atom. The zero-order chi connectivity index (χ0) is 17.5. The molecule has 2 unspecified atom stereocenters. The third-order valence-corrected chi connectivity index (χ3v) is 6.48. The maximum Gasteiger partial charge on any atom is 0.309 e. The highest BCUT2D eigenvalue weighted by Crippen LogP contribution is 2.62. The van der Waals surface area contributed by atoms with Crippen LogP contribution in [0.2, 0.25) is 0 Å². The van der Waals surface area contributed by atoms with Gasteiger partial charge >= 0.3 is 5.97 Å². The normalized spacial score (nSPS) is 29.3. The molecular weight excluding hydrogens is 290 g/mol. The van der Waals surface area contributed by atoms with Gasteiger partial charge in [0.05, 0.1) is 10.8 Å². The molecule has 1 fully saturated rings. The van der Waals surface area contributed by atoms with Crippen LogP contribution in [0.5, 0.6) is 0 Å². The van der Waals surface area contributed by atoms with Crippen molar-refractivity contribution in [3.63, 3.8) is 0 Å². The largest absolute Gasteiger partial charge is 0.481 e. The zero-order valence-corrected chi connectivity index (χ0v) is 14.7. The highest BCUT2D eigenvalue weighted by Gasteiger charge is 2.64. The summed E-state index contributed by atoms with van der Waals surface area (Å²) in [7, 11) is 0. The van der Waals surface area contributed by atoms with E-state index in [1.165, 1.54) is 5.56 Å². The molecule has 2 atom stereocenters. The summed E-state index contributed by atoms with van der Waals surface area (Å²) in [5.41, 5.74) is -0.282. The zero-order valence-electron chi connectivity index (χ0n) is 14.7. The molecule has 0 heterocycles. The number of carboxylic acid groups (broad SMARTS) is 1. The van der Waals surface area contributed by atoms with Crippen molar-refractivity contribution < 1.29 is 14.7 Å². The third kappa shape index (κ3) is 2.54. The first-order chi connectivity index (χ1) is 10.6. The van der Waals surface area contributed by atoms with E-state index in [0.717, 1.165) is 12.1 Å². The Labute approximate surface area is 138 Å². The number of amides is 1. The third-order valence-electron chi connectivity index (χ3n) is 6.48. The molecule has 23 heavy (non-hydrogen) atoms. The van der Waals surface area contributed by atoms with Gasteiger partial charge in [-0.1, -0.05) is 39.8 Å². The first-order valence-corrected chi connectivity index (χ1v) is 8.22. The molecule has 1 aromatic carbocycles. The number of aliphatic carboxylic acids is 1. The number of nitrogens with one attached hydrogen (secondary N) is 1. The van der Waals surface area contributed by atoms with Gasteiger partial charge in [0.2, 0.25) is 5.91 Å². The molecule has 0 aliphatic heterocycles. The van der Waals surface area contributed by atoms with Gasteiger partial charge in [0, 0.05) is 5.69 Å². The lowest BCUT2D eigenvalue weighted by Crippen LogP contribution is -2.49. The van der Waals surface area contributed by atoms with Gasteiger partial charge in [-0.2, -0.15) is 0 Å². The van der Waals surface area contributed by atoms with Gasteiger partial charge in [0.1, 0.15) is 0 Å². The number of hydrogen-bond acceptors (Lipinski definition) is 2. The number of carbonyl (C=O) groups excluding carboxylic acids is 1. The molecule has 1 amide bonds. The Kier molecular flexibility index (Phi) is 4.31. The van der Waals surface area contributed by atoms with Crippen molar-refractivity contribution in [3.8, 4) is 0 Å². The van der Waals surface area contributed by atoms with E-state index in [9.17, 15) is 14.7 Å². The van der Waals surface area contributed by atoms with Crippen LogP contribution in [0, 0.1) is 16.2 Å². The number of aryl methyl sites for hydroxylation is 1. The minimum Gasteiger partial charge on any atom is -0.481 e. The summed E-state index contributed by atoms with van der Waals surface area (Å²) >= 11 is 0. The van der Waals surface area contributed by atoms with Crippen molar-refractivity contribution in [2.45, 2.75) is 53.9 Å². The van der Waals surface area contributed by atoms with Crippen LogP contribution >= 0.6 is 0 Å². The summed E-state index contributed by atoms with van der Waals surface area (Å²) in [4.78, 5) is 24.7. The summed E-state index contributed by atoms with van der Waals surface area (Å²) in [5.74, 6) is -0.928. The van der Waals surface area contributed by atoms with Gasteiger partial charge in [-0.05, 0) is 49.3 Å². The highest BCUT2D eigenvalue weighted by atomic mass is 16.4. The minimum atomic E-state index is -0.898. The van der Waals surface area contributed by atoms with E-state index in [2.05, 4.69) is 12.2 Å². The van der Waals surface area contributed by atoms with Gasteiger partial charge in [-0.15, -0.1) is 0 Å². The minimum absolute atomic E-state index is 0.100. The fourth-order valence-corrected chi connectivity index (χ4v) is 3.60. The van der Waals surface area contributed by atoms with Crippen molar-refractivity contribution in [1.82, 2.24) is 0 Å². The van der Waals surface area contributed by atoms with Gasteiger partial charge in [0.25, 0.3) is 0 Å². The summed E-state index contributed by atoms with van der Waals surface area (Å²) in [6, 6.07) is 7.80. The van der Waals surface area contributed by atoms with Crippen LogP contribution in [-0.2, 0) is 16.0 Å². The van der Waals surface area contributed by atoms with Crippen molar-refractivity contribution >= 4 is 17.6 Å². The lowest BCUT2D eigenvalue weighted by Gasteiger charge is -2.44. The van der Waals surface area contributed by atoms with E-state index in [1.54, 1.807) is 6.92 Å². The molecule has 0 saturated heterocycles. The summed E-state index contributed by atoms with van der Waals surface area (Å²) < 4.78 is 0. The lowest BCUT2D eigenvalue weighted by atomic mass is 9.59. The monoisotopic (exact) mass is 317 g/mol. The number of rotatable bonds is 4. The van der Waals surface area contributed by atoms with Crippen LogP contribution < -0.4 is 5.32 Å². The Balaban J connectivity index is 2.25. The molecule has 2 N–H and O–H groups in total. The lowest BCUT2D eigenvalue weighted by molar-refractivity contribution is -0.157. The predicted octanol–water partition coefficient (Wildman–Crippen LogP) is 4.10. The molecule has 4 nitrogen and oxygen atoms in total. The SMILES string of the molecule is CCc1ccc(NC(=O)C2(C)CCC(C)(C(=O)O)C2(C)C)cc1. The Morgan fingerprint density at radius 2 is 1.57 bits per heavy atom. The molecule has 0 spiro atoms. The Bertz CT molecular complexity index is 620. The second kappa shape index (κ2) is 5.66. The van der Waals surface area contributed by atoms with E-state index in [-0.39, 0.29) is 5.91 Å². The molecule has 1 aliphatic rings. The fourth-order valence-electron chi connectivity index (χ4n) is 3.60. The van der Waals surface area contributed by atoms with Crippen LogP contribution in [-0.4, -0.2) is 17.0 Å². The van der Waals surface area contributed by atoms with Gasteiger partial charge < -0.3 is 10.4 Å². The van der Waals surface area contributed by atoms with Crippen LogP contribution in [0.15, 0.2) is 24.3 Å². The maximum absolute atomic E-state index is 12.9. The molecule has 0 bridgehead atoms. The first-order valence-electron chi connectivity index (χ1n) is 8.22. The molecule has 126 valence electrons. The fraction of sp³-hybridized carbons (Fsp3) is 0.579. The molecule has 0 aromatic heterocycles. The number of carbonyl (C=O) groups is 2. The summed E-state index contributed by atoms with van der Waals surface area (Å²) in [6.07, 6.45) is 2.03. The van der Waals surface area contributed by atoms with Crippen LogP contribution in [0.25, 0.3) is 0 Å². The molecule has 2 rings (SSSR count). The second-order valence-electron chi connectivity index (χ2n) is 7.60. The van der Waals surface area contributed by atoms with Gasteiger partial charge in [0.15, 0.2) is 0 Å². The molecule has 1 saturated carbocycles. The van der Waals surface area contributed by atoms with E-state index >= 15 is 0 Å². The first kappa shape index (κ1) is 17.5. The average molecular weight is 317 g/mol. The van der Waals surface area contributed by atoms with E-state index in [4.69, 9.17) is 0 Å². The number of benzene rings is 1. The summed E-state index contributed by atoms with van der Waals surface area (Å²) in [5, 5.41) is 12.6. The highest BCUT2D eigenvalue weighted by molar-refractivity contribution is 5.97. The van der Waals surface area contributed by atoms with Crippen molar-refractivity contribution in [2.24, 2.45) is 16.2 Å². The quantitative estimate of drug-likeness (QED) is 0.878. The molecule has 1 aliphatic carbocycles. The van der Waals surface area contributed by atoms with Crippen LogP contribution in [0.4, 0.5) is 5.69 Å². The van der Waals surface area contributed by atoms with E-state index in [0.29, 0.717) is 12.8 Å². The number of carboxylic acids is 1. The van der Waals surface area contributed by atoms with Gasteiger partial charge in [-0.3, -0.25) is 9.59 Å². The number of anilines is 1. The van der Waals surface area contributed by atoms with Gasteiger partial charge in [-0.25, -0.2) is 0 Å². The second-order valence-corrected chi connectivity index (χ2v) is 7.60. The molecular formula is C19H27NO3. The van der Waals surface area contributed by atoms with Crippen LogP contribution in [0.1, 0.15) is 53.0 Å². The molecule has 0 radical (unpaired) electrons. The molecule has 1 aromatic rings. The van der Waals surface area contributed by atoms with E-state index < -0.39 is 22.2 Å². The summed E-state index contributed by atoms with van der Waals surface area (Å²) in [6.45, 7) is 9.52. The van der Waals surface area contributed by atoms with Crippen molar-refractivity contribution in [1.29, 1.82) is 0 Å². The average Bonchev–Trinajstić information content (AvgIpc) is 2.70. The topological polar surface area (TPSA) is 66.4 Å². The number of hydrogen-bond donors (Lipinski definition) is 2. The molecule has 4 heteroatoms. The van der Waals surface area contributed by atoms with Crippen molar-refractivity contribution in [3.05, 3.63) is 29.8 Å². The predicted molar refractivity (Wildman–Crippen MR) is 91.3 cm³/mol.